The van der Waals surface area contributed by atoms with Gasteiger partial charge in [0.1, 0.15) is 0 Å². The lowest BCUT2D eigenvalue weighted by Gasteiger charge is -2.14. The predicted molar refractivity (Wildman–Crippen MR) is 55.4 cm³/mol. The van der Waals surface area contributed by atoms with Gasteiger partial charge in [0.05, 0.1) is 11.6 Å². The van der Waals surface area contributed by atoms with E-state index >= 15 is 0 Å². The lowest BCUT2D eigenvalue weighted by atomic mass is 10.5. The summed E-state index contributed by atoms with van der Waals surface area (Å²) in [4.78, 5) is 2.59. The van der Waals surface area contributed by atoms with E-state index in [-0.39, 0.29) is 0 Å². The summed E-state index contributed by atoms with van der Waals surface area (Å²) >= 11 is 4.77. The quantitative estimate of drug-likeness (QED) is 0.472. The molecule has 0 rings (SSSR count). The van der Waals surface area contributed by atoms with Crippen molar-refractivity contribution in [3.05, 3.63) is 0 Å². The zero-order valence-electron chi connectivity index (χ0n) is 7.88. The third-order valence-electron chi connectivity index (χ3n) is 1.39. The van der Waals surface area contributed by atoms with Crippen LogP contribution in [0.15, 0.2) is 0 Å². The van der Waals surface area contributed by atoms with E-state index in [0.29, 0.717) is 11.5 Å². The van der Waals surface area contributed by atoms with E-state index in [9.17, 15) is 0 Å². The first-order chi connectivity index (χ1) is 5.66. The van der Waals surface area contributed by atoms with Gasteiger partial charge in [-0.3, -0.25) is 4.90 Å². The Bertz CT molecular complexity index is 130. The van der Waals surface area contributed by atoms with E-state index in [2.05, 4.69) is 11.8 Å². The van der Waals surface area contributed by atoms with E-state index < -0.39 is 0 Å². The first kappa shape index (κ1) is 11.8. The number of hydrogen-bond donors (Lipinski definition) is 1. The molecule has 0 amide bonds. The average Bonchev–Trinajstić information content (AvgIpc) is 1.97. The summed E-state index contributed by atoms with van der Waals surface area (Å²) in [6, 6.07) is 0. The Morgan fingerprint density at radius 2 is 2.17 bits per heavy atom. The molecule has 0 saturated carbocycles. The molecular weight excluding hydrogens is 172 g/mol. The van der Waals surface area contributed by atoms with Gasteiger partial charge in [-0.05, 0) is 13.5 Å². The van der Waals surface area contributed by atoms with Gasteiger partial charge in [-0.25, -0.2) is 0 Å². The maximum absolute atomic E-state index is 5.37. The summed E-state index contributed by atoms with van der Waals surface area (Å²) in [6.07, 6.45) is 1.07. The molecule has 0 aliphatic rings. The Kier molecular flexibility index (Phi) is 7.34. The minimum Gasteiger partial charge on any atom is -0.392 e. The molecule has 0 aliphatic carbocycles. The van der Waals surface area contributed by atoms with Crippen molar-refractivity contribution in [3.8, 4) is 0 Å². The average molecular weight is 190 g/mol. The van der Waals surface area contributed by atoms with Crippen LogP contribution in [0.2, 0.25) is 0 Å². The number of likely N-dealkylation sites (N-methyl/N-ethyl adjacent to an activating group) is 1. The lowest BCUT2D eigenvalue weighted by molar-refractivity contribution is 0.116. The molecule has 0 spiro atoms. The molecule has 12 heavy (non-hydrogen) atoms. The molecule has 0 aromatic carbocycles. The molecular formula is C8H18N2OS. The summed E-state index contributed by atoms with van der Waals surface area (Å²) in [7, 11) is 1.98. The van der Waals surface area contributed by atoms with Crippen molar-refractivity contribution in [1.82, 2.24) is 4.90 Å². The maximum atomic E-state index is 5.37. The third-order valence-corrected chi connectivity index (χ3v) is 1.52. The molecule has 0 aromatic heterocycles. The topological polar surface area (TPSA) is 38.5 Å². The molecule has 4 heteroatoms. The standard InChI is InChI=1S/C8H18N2OS/c1-3-5-11-6-4-10(2)7-8(9)12/h3-7H2,1-2H3,(H2,9,12). The molecule has 0 fully saturated rings. The molecule has 0 aromatic rings. The van der Waals surface area contributed by atoms with Crippen LogP contribution in [0.25, 0.3) is 0 Å². The highest BCUT2D eigenvalue weighted by molar-refractivity contribution is 7.80. The van der Waals surface area contributed by atoms with E-state index in [1.165, 1.54) is 0 Å². The second kappa shape index (κ2) is 7.46. The SMILES string of the molecule is CCCOCCN(C)CC(N)=S. The van der Waals surface area contributed by atoms with Crippen LogP contribution in [-0.2, 0) is 4.74 Å². The fourth-order valence-electron chi connectivity index (χ4n) is 0.812. The van der Waals surface area contributed by atoms with Gasteiger partial charge in [0.25, 0.3) is 0 Å². The van der Waals surface area contributed by atoms with Gasteiger partial charge in [-0.15, -0.1) is 0 Å². The lowest BCUT2D eigenvalue weighted by Crippen LogP contribution is -2.31. The van der Waals surface area contributed by atoms with Crippen molar-refractivity contribution in [1.29, 1.82) is 0 Å². The number of hydrogen-bond acceptors (Lipinski definition) is 3. The van der Waals surface area contributed by atoms with Gasteiger partial charge in [-0.1, -0.05) is 19.1 Å². The molecule has 0 heterocycles. The van der Waals surface area contributed by atoms with Crippen LogP contribution in [0.3, 0.4) is 0 Å². The second-order valence-corrected chi connectivity index (χ2v) is 3.34. The Labute approximate surface area is 79.9 Å². The largest absolute Gasteiger partial charge is 0.392 e. The van der Waals surface area contributed by atoms with Crippen molar-refractivity contribution in [3.63, 3.8) is 0 Å². The Hall–Kier alpha value is -0.190. The Morgan fingerprint density at radius 1 is 1.50 bits per heavy atom. The normalized spacial score (nSPS) is 10.6. The van der Waals surface area contributed by atoms with Gasteiger partial charge in [0, 0.05) is 19.7 Å². The Morgan fingerprint density at radius 3 is 2.67 bits per heavy atom. The van der Waals surface area contributed by atoms with E-state index in [1.807, 2.05) is 7.05 Å². The van der Waals surface area contributed by atoms with Crippen LogP contribution < -0.4 is 5.73 Å². The zero-order chi connectivity index (χ0) is 9.40. The summed E-state index contributed by atoms with van der Waals surface area (Å²) in [5.74, 6) is 0. The van der Waals surface area contributed by atoms with Crippen LogP contribution >= 0.6 is 12.2 Å². The first-order valence-corrected chi connectivity index (χ1v) is 4.62. The number of ether oxygens (including phenoxy) is 1. The Balaban J connectivity index is 3.19. The van der Waals surface area contributed by atoms with Crippen LogP contribution in [0.5, 0.6) is 0 Å². The fraction of sp³-hybridized carbons (Fsp3) is 0.875. The summed E-state index contributed by atoms with van der Waals surface area (Å²) in [5.41, 5.74) is 5.37. The minimum absolute atomic E-state index is 0.535. The van der Waals surface area contributed by atoms with Gasteiger partial charge < -0.3 is 10.5 Å². The van der Waals surface area contributed by atoms with Gasteiger partial charge in [0.2, 0.25) is 0 Å². The molecule has 0 saturated heterocycles. The monoisotopic (exact) mass is 190 g/mol. The highest BCUT2D eigenvalue weighted by Crippen LogP contribution is 1.85. The molecule has 72 valence electrons. The van der Waals surface area contributed by atoms with Crippen molar-refractivity contribution in [2.24, 2.45) is 5.73 Å². The fourth-order valence-corrected chi connectivity index (χ4v) is 1.03. The summed E-state index contributed by atoms with van der Waals surface area (Å²) < 4.78 is 5.31. The van der Waals surface area contributed by atoms with Crippen molar-refractivity contribution < 1.29 is 4.74 Å². The van der Waals surface area contributed by atoms with Crippen LogP contribution in [0.4, 0.5) is 0 Å². The summed E-state index contributed by atoms with van der Waals surface area (Å²) in [5, 5.41) is 0. The number of thiocarbonyl (C=S) groups is 1. The zero-order valence-corrected chi connectivity index (χ0v) is 8.69. The molecule has 0 unspecified atom stereocenters. The van der Waals surface area contributed by atoms with E-state index in [1.54, 1.807) is 0 Å². The van der Waals surface area contributed by atoms with Gasteiger partial charge >= 0.3 is 0 Å². The van der Waals surface area contributed by atoms with Gasteiger partial charge in [-0.2, -0.15) is 0 Å². The van der Waals surface area contributed by atoms with Crippen molar-refractivity contribution in [2.45, 2.75) is 13.3 Å². The minimum atomic E-state index is 0.535. The van der Waals surface area contributed by atoms with Crippen molar-refractivity contribution in [2.75, 3.05) is 33.4 Å². The number of rotatable bonds is 7. The predicted octanol–water partition coefficient (Wildman–Crippen LogP) is 0.631. The maximum Gasteiger partial charge on any atom is 0.0869 e. The molecule has 0 aliphatic heterocycles. The van der Waals surface area contributed by atoms with Crippen molar-refractivity contribution >= 4 is 17.2 Å². The summed E-state index contributed by atoms with van der Waals surface area (Å²) in [6.45, 7) is 5.24. The van der Waals surface area contributed by atoms with E-state index in [4.69, 9.17) is 22.7 Å². The van der Waals surface area contributed by atoms with E-state index in [0.717, 1.165) is 26.2 Å². The first-order valence-electron chi connectivity index (χ1n) is 4.21. The number of nitrogens with two attached hydrogens (primary N) is 1. The molecule has 0 radical (unpaired) electrons. The molecule has 0 atom stereocenters. The van der Waals surface area contributed by atoms with Gasteiger partial charge in [0.15, 0.2) is 0 Å². The molecule has 3 nitrogen and oxygen atoms in total. The molecule has 2 N–H and O–H groups in total. The van der Waals surface area contributed by atoms with Crippen LogP contribution in [0.1, 0.15) is 13.3 Å². The number of nitrogens with zero attached hydrogens (tertiary/aromatic N) is 1. The third kappa shape index (κ3) is 7.91. The smallest absolute Gasteiger partial charge is 0.0869 e. The van der Waals surface area contributed by atoms with Crippen LogP contribution in [-0.4, -0.2) is 43.2 Å². The highest BCUT2D eigenvalue weighted by Gasteiger charge is 1.98. The van der Waals surface area contributed by atoms with Crippen LogP contribution in [0, 0.1) is 0 Å². The molecule has 0 bridgehead atoms. The second-order valence-electron chi connectivity index (χ2n) is 2.82. The highest BCUT2D eigenvalue weighted by atomic mass is 32.1.